The van der Waals surface area contributed by atoms with Gasteiger partial charge in [-0.1, -0.05) is 30.7 Å². The van der Waals surface area contributed by atoms with E-state index in [1.165, 1.54) is 37.9 Å². The summed E-state index contributed by atoms with van der Waals surface area (Å²) in [6.45, 7) is 3.91. The molecular formula is C19H28N2O2S. The summed E-state index contributed by atoms with van der Waals surface area (Å²) in [5.41, 5.74) is 1.24. The Morgan fingerprint density at radius 1 is 1.08 bits per heavy atom. The first-order chi connectivity index (χ1) is 11.7. The monoisotopic (exact) mass is 348 g/mol. The van der Waals surface area contributed by atoms with Crippen LogP contribution in [0.25, 0.3) is 0 Å². The van der Waals surface area contributed by atoms with E-state index in [2.05, 4.69) is 34.5 Å². The van der Waals surface area contributed by atoms with Crippen molar-refractivity contribution in [3.63, 3.8) is 0 Å². The number of aliphatic hydroxyl groups is 1. The van der Waals surface area contributed by atoms with Crippen LogP contribution in [0, 0.1) is 0 Å². The van der Waals surface area contributed by atoms with Crippen molar-refractivity contribution in [2.24, 2.45) is 0 Å². The largest absolute Gasteiger partial charge is 0.380 e. The number of hydrogen-bond donors (Lipinski definition) is 2. The van der Waals surface area contributed by atoms with Crippen LogP contribution in [0.3, 0.4) is 0 Å². The normalized spacial score (nSPS) is 21.4. The molecule has 2 aliphatic rings. The number of rotatable bonds is 5. The standard InChI is InChI=1S/C19H28N2O2S/c22-18(19(23)8-12-24-13-9-19)20-14-16-4-6-17(7-5-16)15-21-10-2-1-3-11-21/h4-7,23H,1-3,8-15H2,(H,20,22). The number of likely N-dealkylation sites (tertiary alicyclic amines) is 1. The molecule has 1 amide bonds. The third-order valence-corrected chi connectivity index (χ3v) is 6.06. The SMILES string of the molecule is O=C(NCc1ccc(CN2CCCCC2)cc1)C1(O)CCSCC1. The van der Waals surface area contributed by atoms with Crippen LogP contribution in [0.15, 0.2) is 24.3 Å². The van der Waals surface area contributed by atoms with E-state index in [0.717, 1.165) is 23.6 Å². The summed E-state index contributed by atoms with van der Waals surface area (Å²) in [6, 6.07) is 8.48. The molecule has 0 spiro atoms. The van der Waals surface area contributed by atoms with Gasteiger partial charge in [-0.2, -0.15) is 11.8 Å². The number of benzene rings is 1. The molecule has 0 saturated carbocycles. The van der Waals surface area contributed by atoms with Crippen LogP contribution in [-0.4, -0.2) is 46.1 Å². The fourth-order valence-corrected chi connectivity index (χ4v) is 4.59. The van der Waals surface area contributed by atoms with Crippen LogP contribution in [0.4, 0.5) is 0 Å². The van der Waals surface area contributed by atoms with Gasteiger partial charge >= 0.3 is 0 Å². The van der Waals surface area contributed by atoms with Gasteiger partial charge in [0.25, 0.3) is 5.91 Å². The van der Waals surface area contributed by atoms with E-state index in [0.29, 0.717) is 19.4 Å². The highest BCUT2D eigenvalue weighted by atomic mass is 32.2. The second-order valence-electron chi connectivity index (χ2n) is 6.98. The molecule has 0 aliphatic carbocycles. The van der Waals surface area contributed by atoms with Gasteiger partial charge in [-0.25, -0.2) is 0 Å². The van der Waals surface area contributed by atoms with Gasteiger partial charge in [0.2, 0.25) is 0 Å². The first-order valence-corrected chi connectivity index (χ1v) is 10.2. The molecule has 3 rings (SSSR count). The molecule has 0 aromatic heterocycles. The Morgan fingerprint density at radius 2 is 1.71 bits per heavy atom. The van der Waals surface area contributed by atoms with E-state index < -0.39 is 5.60 Å². The topological polar surface area (TPSA) is 52.6 Å². The molecule has 2 heterocycles. The van der Waals surface area contributed by atoms with Gasteiger partial charge in [-0.05, 0) is 61.4 Å². The third kappa shape index (κ3) is 4.74. The van der Waals surface area contributed by atoms with E-state index in [1.54, 1.807) is 11.8 Å². The van der Waals surface area contributed by atoms with Gasteiger partial charge in [0.05, 0.1) is 0 Å². The zero-order chi connectivity index (χ0) is 16.8. The lowest BCUT2D eigenvalue weighted by atomic mass is 9.95. The predicted octanol–water partition coefficient (Wildman–Crippen LogP) is 2.55. The van der Waals surface area contributed by atoms with Crippen molar-refractivity contribution in [3.8, 4) is 0 Å². The number of hydrogen-bond acceptors (Lipinski definition) is 4. The quantitative estimate of drug-likeness (QED) is 0.859. The highest BCUT2D eigenvalue weighted by molar-refractivity contribution is 7.99. The zero-order valence-corrected chi connectivity index (χ0v) is 15.1. The number of carbonyl (C=O) groups excluding carboxylic acids is 1. The maximum Gasteiger partial charge on any atom is 0.252 e. The fourth-order valence-electron chi connectivity index (χ4n) is 3.42. The lowest BCUT2D eigenvalue weighted by molar-refractivity contribution is -0.140. The first-order valence-electron chi connectivity index (χ1n) is 9.04. The number of thioether (sulfide) groups is 1. The second-order valence-corrected chi connectivity index (χ2v) is 8.20. The molecular weight excluding hydrogens is 320 g/mol. The van der Waals surface area contributed by atoms with Crippen LogP contribution in [0.1, 0.15) is 43.2 Å². The average molecular weight is 349 g/mol. The molecule has 0 bridgehead atoms. The molecule has 5 heteroatoms. The van der Waals surface area contributed by atoms with Crippen LogP contribution in [0.5, 0.6) is 0 Å². The van der Waals surface area contributed by atoms with E-state index in [4.69, 9.17) is 0 Å². The van der Waals surface area contributed by atoms with Gasteiger partial charge in [0, 0.05) is 13.1 Å². The Hall–Kier alpha value is -1.04. The highest BCUT2D eigenvalue weighted by Crippen LogP contribution is 2.27. The zero-order valence-electron chi connectivity index (χ0n) is 14.3. The molecule has 2 fully saturated rings. The van der Waals surface area contributed by atoms with Crippen LogP contribution in [-0.2, 0) is 17.9 Å². The van der Waals surface area contributed by atoms with Gasteiger partial charge < -0.3 is 10.4 Å². The maximum absolute atomic E-state index is 12.2. The molecule has 0 atom stereocenters. The van der Waals surface area contributed by atoms with E-state index in [9.17, 15) is 9.90 Å². The molecule has 24 heavy (non-hydrogen) atoms. The number of nitrogens with one attached hydrogen (secondary N) is 1. The Labute approximate surface area is 149 Å². The molecule has 1 aromatic carbocycles. The summed E-state index contributed by atoms with van der Waals surface area (Å²) >= 11 is 1.80. The van der Waals surface area contributed by atoms with E-state index >= 15 is 0 Å². The number of piperidine rings is 1. The minimum atomic E-state index is -1.17. The molecule has 4 nitrogen and oxygen atoms in total. The van der Waals surface area contributed by atoms with Crippen molar-refractivity contribution in [1.29, 1.82) is 0 Å². The fraction of sp³-hybridized carbons (Fsp3) is 0.632. The summed E-state index contributed by atoms with van der Waals surface area (Å²) < 4.78 is 0. The van der Waals surface area contributed by atoms with Gasteiger partial charge in [0.15, 0.2) is 0 Å². The predicted molar refractivity (Wildman–Crippen MR) is 98.9 cm³/mol. The molecule has 0 radical (unpaired) electrons. The van der Waals surface area contributed by atoms with Crippen molar-refractivity contribution in [3.05, 3.63) is 35.4 Å². The Bertz CT molecular complexity index is 535. The Kier molecular flexibility index (Phi) is 6.19. The number of amides is 1. The smallest absolute Gasteiger partial charge is 0.252 e. The number of nitrogens with zero attached hydrogens (tertiary/aromatic N) is 1. The van der Waals surface area contributed by atoms with Crippen molar-refractivity contribution < 1.29 is 9.90 Å². The average Bonchev–Trinajstić information content (AvgIpc) is 2.62. The van der Waals surface area contributed by atoms with Crippen molar-refractivity contribution >= 4 is 17.7 Å². The number of carbonyl (C=O) groups is 1. The van der Waals surface area contributed by atoms with Crippen LogP contribution < -0.4 is 5.32 Å². The van der Waals surface area contributed by atoms with Crippen LogP contribution in [0.2, 0.25) is 0 Å². The first kappa shape index (κ1) is 17.8. The summed E-state index contributed by atoms with van der Waals surface area (Å²) in [4.78, 5) is 14.8. The van der Waals surface area contributed by atoms with Crippen LogP contribution >= 0.6 is 11.8 Å². The molecule has 2 N–H and O–H groups in total. The molecule has 1 aromatic rings. The summed E-state index contributed by atoms with van der Waals surface area (Å²) in [6.07, 6.45) is 5.09. The minimum Gasteiger partial charge on any atom is -0.380 e. The molecule has 2 saturated heterocycles. The maximum atomic E-state index is 12.2. The van der Waals surface area contributed by atoms with E-state index in [-0.39, 0.29) is 5.91 Å². The Balaban J connectivity index is 1.48. The highest BCUT2D eigenvalue weighted by Gasteiger charge is 2.37. The van der Waals surface area contributed by atoms with Crippen molar-refractivity contribution in [2.75, 3.05) is 24.6 Å². The lowest BCUT2D eigenvalue weighted by Crippen LogP contribution is -2.48. The summed E-state index contributed by atoms with van der Waals surface area (Å²) in [5, 5.41) is 13.3. The summed E-state index contributed by atoms with van der Waals surface area (Å²) in [5.74, 6) is 1.49. The van der Waals surface area contributed by atoms with Gasteiger partial charge in [0.1, 0.15) is 5.60 Å². The Morgan fingerprint density at radius 3 is 2.38 bits per heavy atom. The lowest BCUT2D eigenvalue weighted by Gasteiger charge is -2.30. The second kappa shape index (κ2) is 8.37. The van der Waals surface area contributed by atoms with E-state index in [1.807, 2.05) is 0 Å². The van der Waals surface area contributed by atoms with Crippen molar-refractivity contribution in [1.82, 2.24) is 10.2 Å². The summed E-state index contributed by atoms with van der Waals surface area (Å²) in [7, 11) is 0. The van der Waals surface area contributed by atoms with Crippen molar-refractivity contribution in [2.45, 2.75) is 50.8 Å². The molecule has 2 aliphatic heterocycles. The molecule has 132 valence electrons. The third-order valence-electron chi connectivity index (χ3n) is 5.07. The van der Waals surface area contributed by atoms with Gasteiger partial charge in [-0.3, -0.25) is 9.69 Å². The minimum absolute atomic E-state index is 0.222. The molecule has 0 unspecified atom stereocenters. The van der Waals surface area contributed by atoms with Gasteiger partial charge in [-0.15, -0.1) is 0 Å².